The van der Waals surface area contributed by atoms with Crippen molar-refractivity contribution in [2.24, 2.45) is 0 Å². The van der Waals surface area contributed by atoms with Crippen molar-refractivity contribution < 1.29 is 19.6 Å². The minimum atomic E-state index is -0.948. The van der Waals surface area contributed by atoms with Gasteiger partial charge < -0.3 is 15.2 Å². The molecule has 0 heterocycles. The number of nitrogens with zero attached hydrogens (tertiary/aromatic N) is 1. The van der Waals surface area contributed by atoms with Gasteiger partial charge in [0.05, 0.1) is 18.6 Å². The number of rotatable bonds is 5. The Balaban J connectivity index is 2.96. The third-order valence-electron chi connectivity index (χ3n) is 2.28. The van der Waals surface area contributed by atoms with E-state index in [0.717, 1.165) is 0 Å². The number of aliphatic hydroxyl groups excluding tert-OH is 1. The van der Waals surface area contributed by atoms with Gasteiger partial charge in [-0.1, -0.05) is 0 Å². The molecule has 0 saturated carbocycles. The van der Waals surface area contributed by atoms with Crippen LogP contribution in [0.15, 0.2) is 18.2 Å². The molecule has 7 heteroatoms. The first-order valence-corrected chi connectivity index (χ1v) is 5.19. The van der Waals surface area contributed by atoms with Crippen LogP contribution in [0, 0.1) is 17.0 Å². The van der Waals surface area contributed by atoms with Crippen molar-refractivity contribution in [2.75, 3.05) is 19.0 Å². The van der Waals surface area contributed by atoms with Crippen LogP contribution in [0.3, 0.4) is 0 Å². The normalized spacial score (nSPS) is 11.7. The molecule has 0 aliphatic carbocycles. The topological polar surface area (TPSA) is 102 Å². The molecule has 0 fully saturated rings. The molecular formula is C11H14N2O5. The van der Waals surface area contributed by atoms with E-state index in [1.165, 1.54) is 19.2 Å². The van der Waals surface area contributed by atoms with Crippen LogP contribution in [0.2, 0.25) is 0 Å². The van der Waals surface area contributed by atoms with Crippen molar-refractivity contribution in [3.63, 3.8) is 0 Å². The van der Waals surface area contributed by atoms with Crippen molar-refractivity contribution in [2.45, 2.75) is 13.0 Å². The molecule has 0 bridgehead atoms. The van der Waals surface area contributed by atoms with Crippen LogP contribution in [-0.2, 0) is 9.53 Å². The van der Waals surface area contributed by atoms with E-state index in [9.17, 15) is 14.9 Å². The Bertz CT molecular complexity index is 461. The van der Waals surface area contributed by atoms with Crippen LogP contribution in [0.5, 0.6) is 0 Å². The number of carbonyl (C=O) groups excluding carboxylic acids is 1. The molecule has 0 radical (unpaired) electrons. The van der Waals surface area contributed by atoms with Gasteiger partial charge in [-0.3, -0.25) is 10.1 Å². The molecule has 18 heavy (non-hydrogen) atoms. The van der Waals surface area contributed by atoms with E-state index in [2.05, 4.69) is 10.1 Å². The third kappa shape index (κ3) is 3.42. The quantitative estimate of drug-likeness (QED) is 0.459. The lowest BCUT2D eigenvalue weighted by Crippen LogP contribution is -2.34. The number of aliphatic hydroxyl groups is 1. The van der Waals surface area contributed by atoms with Crippen molar-refractivity contribution >= 4 is 17.3 Å². The maximum Gasteiger partial charge on any atom is 0.330 e. The zero-order chi connectivity index (χ0) is 13.7. The van der Waals surface area contributed by atoms with Crippen LogP contribution in [0.4, 0.5) is 11.4 Å². The lowest BCUT2D eigenvalue weighted by molar-refractivity contribution is -0.384. The standard InChI is InChI=1S/C11H14N2O5/c1-7-3-8(5-9(4-7)13(16)17)12-10(6-14)11(15)18-2/h3-5,10,12,14H,6H2,1-2H3. The third-order valence-corrected chi connectivity index (χ3v) is 2.28. The Kier molecular flexibility index (Phi) is 4.61. The van der Waals surface area contributed by atoms with E-state index < -0.39 is 23.5 Å². The minimum Gasteiger partial charge on any atom is -0.467 e. The molecule has 1 unspecified atom stereocenters. The van der Waals surface area contributed by atoms with E-state index in [-0.39, 0.29) is 5.69 Å². The van der Waals surface area contributed by atoms with Gasteiger partial charge in [0, 0.05) is 17.8 Å². The Morgan fingerprint density at radius 3 is 2.72 bits per heavy atom. The summed E-state index contributed by atoms with van der Waals surface area (Å²) >= 11 is 0. The van der Waals surface area contributed by atoms with Crippen LogP contribution in [0.25, 0.3) is 0 Å². The SMILES string of the molecule is COC(=O)C(CO)Nc1cc(C)cc([N+](=O)[O-])c1. The molecule has 1 atom stereocenters. The highest BCUT2D eigenvalue weighted by atomic mass is 16.6. The van der Waals surface area contributed by atoms with Gasteiger partial charge in [-0.25, -0.2) is 4.79 Å². The van der Waals surface area contributed by atoms with Crippen LogP contribution >= 0.6 is 0 Å². The first kappa shape index (κ1) is 13.9. The Morgan fingerprint density at radius 1 is 1.56 bits per heavy atom. The molecule has 0 aliphatic rings. The molecule has 98 valence electrons. The number of nitro groups is 1. The number of non-ortho nitro benzene ring substituents is 1. The van der Waals surface area contributed by atoms with Crippen LogP contribution in [-0.4, -0.2) is 35.8 Å². The van der Waals surface area contributed by atoms with Crippen molar-refractivity contribution in [1.82, 2.24) is 0 Å². The number of hydrogen-bond donors (Lipinski definition) is 2. The van der Waals surface area contributed by atoms with Gasteiger partial charge in [0.25, 0.3) is 5.69 Å². The fourth-order valence-corrected chi connectivity index (χ4v) is 1.47. The maximum absolute atomic E-state index is 11.3. The number of nitrogens with one attached hydrogen (secondary N) is 1. The van der Waals surface area contributed by atoms with Gasteiger partial charge in [-0.05, 0) is 18.6 Å². The first-order chi connectivity index (χ1) is 8.47. The lowest BCUT2D eigenvalue weighted by atomic mass is 10.2. The number of benzene rings is 1. The zero-order valence-electron chi connectivity index (χ0n) is 10.0. The van der Waals surface area contributed by atoms with Crippen LogP contribution < -0.4 is 5.32 Å². The average Bonchev–Trinajstić information content (AvgIpc) is 2.34. The number of methoxy groups -OCH3 is 1. The number of aryl methyl sites for hydroxylation is 1. The fourth-order valence-electron chi connectivity index (χ4n) is 1.47. The molecule has 2 N–H and O–H groups in total. The Morgan fingerprint density at radius 2 is 2.22 bits per heavy atom. The monoisotopic (exact) mass is 254 g/mol. The van der Waals surface area contributed by atoms with Gasteiger partial charge in [0.1, 0.15) is 6.04 Å². The molecule has 0 saturated heterocycles. The second kappa shape index (κ2) is 5.97. The maximum atomic E-state index is 11.3. The number of ether oxygens (including phenoxy) is 1. The highest BCUT2D eigenvalue weighted by molar-refractivity contribution is 5.79. The average molecular weight is 254 g/mol. The van der Waals surface area contributed by atoms with Crippen molar-refractivity contribution in [3.8, 4) is 0 Å². The number of anilines is 1. The van der Waals surface area contributed by atoms with Crippen molar-refractivity contribution in [1.29, 1.82) is 0 Å². The van der Waals surface area contributed by atoms with Crippen molar-refractivity contribution in [3.05, 3.63) is 33.9 Å². The predicted octanol–water partition coefficient (Wildman–Crippen LogP) is 0.849. The Labute approximate surface area is 104 Å². The van der Waals surface area contributed by atoms with E-state index in [4.69, 9.17) is 5.11 Å². The second-order valence-corrected chi connectivity index (χ2v) is 3.72. The highest BCUT2D eigenvalue weighted by Crippen LogP contribution is 2.21. The highest BCUT2D eigenvalue weighted by Gasteiger charge is 2.19. The number of carbonyl (C=O) groups is 1. The summed E-state index contributed by atoms with van der Waals surface area (Å²) in [5.41, 5.74) is 0.971. The Hall–Kier alpha value is -2.15. The minimum absolute atomic E-state index is 0.0842. The largest absolute Gasteiger partial charge is 0.467 e. The molecule has 1 aromatic rings. The summed E-state index contributed by atoms with van der Waals surface area (Å²) in [5.74, 6) is -0.637. The summed E-state index contributed by atoms with van der Waals surface area (Å²) in [7, 11) is 1.20. The smallest absolute Gasteiger partial charge is 0.330 e. The van der Waals surface area contributed by atoms with E-state index in [1.807, 2.05) is 0 Å². The van der Waals surface area contributed by atoms with Gasteiger partial charge >= 0.3 is 5.97 Å². The molecule has 1 aromatic carbocycles. The molecule has 0 aromatic heterocycles. The summed E-state index contributed by atoms with van der Waals surface area (Å²) in [4.78, 5) is 21.4. The summed E-state index contributed by atoms with van der Waals surface area (Å²) in [5, 5.41) is 22.4. The molecule has 0 spiro atoms. The predicted molar refractivity (Wildman–Crippen MR) is 64.3 cm³/mol. The van der Waals surface area contributed by atoms with E-state index in [1.54, 1.807) is 13.0 Å². The number of nitro benzene ring substituents is 1. The summed E-state index contributed by atoms with van der Waals surface area (Å²) in [6.45, 7) is 1.23. The summed E-state index contributed by atoms with van der Waals surface area (Å²) in [6.07, 6.45) is 0. The van der Waals surface area contributed by atoms with Gasteiger partial charge in [0.2, 0.25) is 0 Å². The van der Waals surface area contributed by atoms with Gasteiger partial charge in [-0.2, -0.15) is 0 Å². The lowest BCUT2D eigenvalue weighted by Gasteiger charge is -2.15. The van der Waals surface area contributed by atoms with E-state index >= 15 is 0 Å². The van der Waals surface area contributed by atoms with Gasteiger partial charge in [0.15, 0.2) is 0 Å². The van der Waals surface area contributed by atoms with Crippen LogP contribution in [0.1, 0.15) is 5.56 Å². The zero-order valence-corrected chi connectivity index (χ0v) is 10.0. The second-order valence-electron chi connectivity index (χ2n) is 3.72. The first-order valence-electron chi connectivity index (χ1n) is 5.19. The molecule has 0 aliphatic heterocycles. The molecule has 7 nitrogen and oxygen atoms in total. The molecular weight excluding hydrogens is 240 g/mol. The number of hydrogen-bond acceptors (Lipinski definition) is 6. The fraction of sp³-hybridized carbons (Fsp3) is 0.364. The molecule has 0 amide bonds. The number of esters is 1. The molecule has 1 rings (SSSR count). The van der Waals surface area contributed by atoms with Gasteiger partial charge in [-0.15, -0.1) is 0 Å². The summed E-state index contributed by atoms with van der Waals surface area (Å²) < 4.78 is 4.49. The van der Waals surface area contributed by atoms with E-state index in [0.29, 0.717) is 11.3 Å². The summed E-state index contributed by atoms with van der Waals surface area (Å²) in [6, 6.07) is 3.39.